The van der Waals surface area contributed by atoms with Gasteiger partial charge >= 0.3 is 5.97 Å². The standard InChI is InChI=1S/C30H35NO5/c1-18-19(2)27-23(14-15-30(4,5)36-27)20(3)24(18)17-22-12-13-26(35-22)28(32)31-25(29(33)34-6)16-21-10-8-7-9-11-21/h7-13,25H,14-17H2,1-6H3,(H,31,32). The molecule has 1 atom stereocenters. The summed E-state index contributed by atoms with van der Waals surface area (Å²) in [5, 5.41) is 2.77. The van der Waals surface area contributed by atoms with Crippen molar-refractivity contribution in [2.75, 3.05) is 7.11 Å². The van der Waals surface area contributed by atoms with Crippen LogP contribution in [-0.4, -0.2) is 30.6 Å². The van der Waals surface area contributed by atoms with Crippen LogP contribution >= 0.6 is 0 Å². The van der Waals surface area contributed by atoms with E-state index in [9.17, 15) is 9.59 Å². The van der Waals surface area contributed by atoms with Gasteiger partial charge in [0.2, 0.25) is 0 Å². The summed E-state index contributed by atoms with van der Waals surface area (Å²) in [5.74, 6) is 0.928. The summed E-state index contributed by atoms with van der Waals surface area (Å²) in [4.78, 5) is 25.3. The third-order valence-corrected chi connectivity index (χ3v) is 7.20. The van der Waals surface area contributed by atoms with Crippen molar-refractivity contribution >= 4 is 11.9 Å². The van der Waals surface area contributed by atoms with Crippen molar-refractivity contribution in [3.05, 3.63) is 87.4 Å². The molecule has 6 nitrogen and oxygen atoms in total. The quantitative estimate of drug-likeness (QED) is 0.449. The van der Waals surface area contributed by atoms with Gasteiger partial charge < -0.3 is 19.2 Å². The molecule has 190 valence electrons. The molecule has 0 aliphatic carbocycles. The summed E-state index contributed by atoms with van der Waals surface area (Å²) in [7, 11) is 1.31. The average Bonchev–Trinajstić information content (AvgIpc) is 3.33. The van der Waals surface area contributed by atoms with E-state index in [0.717, 1.165) is 29.7 Å². The van der Waals surface area contributed by atoms with E-state index >= 15 is 0 Å². The molecule has 3 aromatic rings. The number of nitrogens with one attached hydrogen (secondary N) is 1. The van der Waals surface area contributed by atoms with E-state index in [2.05, 4.69) is 39.9 Å². The van der Waals surface area contributed by atoms with Crippen LogP contribution in [-0.2, 0) is 28.8 Å². The molecule has 36 heavy (non-hydrogen) atoms. The van der Waals surface area contributed by atoms with Crippen LogP contribution in [0.25, 0.3) is 0 Å². The number of esters is 1. The lowest BCUT2D eigenvalue weighted by molar-refractivity contribution is -0.142. The van der Waals surface area contributed by atoms with Crippen LogP contribution in [0.15, 0.2) is 46.9 Å². The first kappa shape index (κ1) is 25.5. The summed E-state index contributed by atoms with van der Waals surface area (Å²) in [6.07, 6.45) is 2.86. The predicted octanol–water partition coefficient (Wildman–Crippen LogP) is 5.41. The van der Waals surface area contributed by atoms with Crippen molar-refractivity contribution in [2.45, 2.75) is 71.9 Å². The van der Waals surface area contributed by atoms with Crippen LogP contribution in [0.5, 0.6) is 5.75 Å². The highest BCUT2D eigenvalue weighted by Crippen LogP contribution is 2.41. The fourth-order valence-corrected chi connectivity index (χ4v) is 4.90. The second-order valence-electron chi connectivity index (χ2n) is 10.2. The number of ether oxygens (including phenoxy) is 2. The van der Waals surface area contributed by atoms with Gasteiger partial charge in [-0.1, -0.05) is 30.3 Å². The fourth-order valence-electron chi connectivity index (χ4n) is 4.90. The van der Waals surface area contributed by atoms with Gasteiger partial charge in [-0.25, -0.2) is 4.79 Å². The van der Waals surface area contributed by atoms with Crippen molar-refractivity contribution in [3.63, 3.8) is 0 Å². The summed E-state index contributed by atoms with van der Waals surface area (Å²) in [6.45, 7) is 10.6. The molecule has 1 N–H and O–H groups in total. The summed E-state index contributed by atoms with van der Waals surface area (Å²) < 4.78 is 17.2. The Labute approximate surface area is 213 Å². The minimum absolute atomic E-state index is 0.163. The lowest BCUT2D eigenvalue weighted by Gasteiger charge is -2.35. The molecule has 0 radical (unpaired) electrons. The minimum Gasteiger partial charge on any atom is -0.487 e. The average molecular weight is 490 g/mol. The van der Waals surface area contributed by atoms with Crippen LogP contribution < -0.4 is 10.1 Å². The number of hydrogen-bond donors (Lipinski definition) is 1. The van der Waals surface area contributed by atoms with Crippen LogP contribution in [0.1, 0.15) is 70.0 Å². The van der Waals surface area contributed by atoms with E-state index in [-0.39, 0.29) is 11.4 Å². The molecule has 1 aliphatic heterocycles. The van der Waals surface area contributed by atoms with Crippen molar-refractivity contribution in [2.24, 2.45) is 0 Å². The number of carbonyl (C=O) groups excluding carboxylic acids is 2. The first-order chi connectivity index (χ1) is 17.1. The van der Waals surface area contributed by atoms with Gasteiger partial charge in [-0.2, -0.15) is 0 Å². The van der Waals surface area contributed by atoms with E-state index in [1.54, 1.807) is 6.07 Å². The maximum Gasteiger partial charge on any atom is 0.328 e. The Morgan fingerprint density at radius 1 is 1.03 bits per heavy atom. The van der Waals surface area contributed by atoms with Gasteiger partial charge in [0.25, 0.3) is 5.91 Å². The number of benzene rings is 2. The molecule has 0 saturated heterocycles. The van der Waals surface area contributed by atoms with Crippen LogP contribution in [0, 0.1) is 20.8 Å². The first-order valence-corrected chi connectivity index (χ1v) is 12.4. The molecule has 0 saturated carbocycles. The van der Waals surface area contributed by atoms with Crippen molar-refractivity contribution in [1.82, 2.24) is 5.32 Å². The zero-order chi connectivity index (χ0) is 26.0. The lowest BCUT2D eigenvalue weighted by Crippen LogP contribution is -2.43. The number of carbonyl (C=O) groups is 2. The first-order valence-electron chi connectivity index (χ1n) is 12.4. The zero-order valence-electron chi connectivity index (χ0n) is 22.0. The molecule has 2 heterocycles. The van der Waals surface area contributed by atoms with E-state index in [0.29, 0.717) is 18.6 Å². The third-order valence-electron chi connectivity index (χ3n) is 7.20. The largest absolute Gasteiger partial charge is 0.487 e. The van der Waals surface area contributed by atoms with Gasteiger partial charge in [-0.3, -0.25) is 4.79 Å². The Balaban J connectivity index is 1.52. The Morgan fingerprint density at radius 2 is 1.75 bits per heavy atom. The number of furan rings is 1. The third kappa shape index (κ3) is 5.32. The number of methoxy groups -OCH3 is 1. The number of rotatable bonds is 7. The predicted molar refractivity (Wildman–Crippen MR) is 139 cm³/mol. The number of hydrogen-bond acceptors (Lipinski definition) is 5. The maximum atomic E-state index is 12.9. The molecule has 0 bridgehead atoms. The molecular formula is C30H35NO5. The van der Waals surface area contributed by atoms with Gasteiger partial charge in [0.15, 0.2) is 5.76 Å². The second kappa shape index (κ2) is 10.2. The molecule has 1 aliphatic rings. The topological polar surface area (TPSA) is 77.8 Å². The molecule has 2 aromatic carbocycles. The maximum absolute atomic E-state index is 12.9. The van der Waals surface area contributed by atoms with E-state index < -0.39 is 17.9 Å². The second-order valence-corrected chi connectivity index (χ2v) is 10.2. The lowest BCUT2D eigenvalue weighted by atomic mass is 9.84. The van der Waals surface area contributed by atoms with Crippen molar-refractivity contribution in [3.8, 4) is 5.75 Å². The molecule has 1 aromatic heterocycles. The van der Waals surface area contributed by atoms with Gasteiger partial charge in [-0.05, 0) is 93.0 Å². The summed E-state index contributed by atoms with van der Waals surface area (Å²) in [6, 6.07) is 12.2. The molecule has 1 unspecified atom stereocenters. The molecular weight excluding hydrogens is 454 g/mol. The highest BCUT2D eigenvalue weighted by Gasteiger charge is 2.31. The Morgan fingerprint density at radius 3 is 2.44 bits per heavy atom. The van der Waals surface area contributed by atoms with Crippen LogP contribution in [0.3, 0.4) is 0 Å². The number of amides is 1. The van der Waals surface area contributed by atoms with Crippen LogP contribution in [0.4, 0.5) is 0 Å². The molecule has 1 amide bonds. The van der Waals surface area contributed by atoms with E-state index in [1.807, 2.05) is 36.4 Å². The minimum atomic E-state index is -0.810. The van der Waals surface area contributed by atoms with Gasteiger partial charge in [0.05, 0.1) is 7.11 Å². The molecule has 6 heteroatoms. The highest BCUT2D eigenvalue weighted by atomic mass is 16.5. The van der Waals surface area contributed by atoms with E-state index in [1.165, 1.54) is 29.4 Å². The zero-order valence-corrected chi connectivity index (χ0v) is 22.0. The van der Waals surface area contributed by atoms with Crippen LogP contribution in [0.2, 0.25) is 0 Å². The summed E-state index contributed by atoms with van der Waals surface area (Å²) >= 11 is 0. The van der Waals surface area contributed by atoms with Crippen molar-refractivity contribution in [1.29, 1.82) is 0 Å². The smallest absolute Gasteiger partial charge is 0.328 e. The highest BCUT2D eigenvalue weighted by molar-refractivity contribution is 5.94. The molecule has 0 spiro atoms. The Bertz CT molecular complexity index is 1270. The van der Waals surface area contributed by atoms with E-state index in [4.69, 9.17) is 13.9 Å². The molecule has 4 rings (SSSR count). The Kier molecular flexibility index (Phi) is 7.25. The van der Waals surface area contributed by atoms with Gasteiger partial charge in [0, 0.05) is 12.8 Å². The molecule has 0 fully saturated rings. The SMILES string of the molecule is COC(=O)C(Cc1ccccc1)NC(=O)c1ccc(Cc2c(C)c(C)c3c(c2C)CCC(C)(C)O3)o1. The monoisotopic (exact) mass is 489 g/mol. The number of fused-ring (bicyclic) bond motifs is 1. The Hall–Kier alpha value is -3.54. The summed E-state index contributed by atoms with van der Waals surface area (Å²) in [5.41, 5.74) is 6.79. The van der Waals surface area contributed by atoms with Crippen molar-refractivity contribution < 1.29 is 23.5 Å². The fraction of sp³-hybridized carbons (Fsp3) is 0.400. The normalized spacial score (nSPS) is 14.9. The van der Waals surface area contributed by atoms with Gasteiger partial charge in [-0.15, -0.1) is 0 Å². The van der Waals surface area contributed by atoms with Gasteiger partial charge in [0.1, 0.15) is 23.2 Å².